The molecule has 1 N–H and O–H groups in total. The summed E-state index contributed by atoms with van der Waals surface area (Å²) in [6, 6.07) is 12.1. The Morgan fingerprint density at radius 2 is 2.03 bits per heavy atom. The number of nitrogens with zero attached hydrogens (tertiary/aromatic N) is 2. The van der Waals surface area contributed by atoms with E-state index in [4.69, 9.17) is 4.74 Å². The van der Waals surface area contributed by atoms with Gasteiger partial charge in [-0.2, -0.15) is 13.2 Å². The molecule has 0 spiro atoms. The van der Waals surface area contributed by atoms with Crippen molar-refractivity contribution in [1.29, 1.82) is 0 Å². The van der Waals surface area contributed by atoms with Crippen LogP contribution in [0.15, 0.2) is 54.7 Å². The van der Waals surface area contributed by atoms with E-state index in [2.05, 4.69) is 21.3 Å². The molecule has 3 heterocycles. The van der Waals surface area contributed by atoms with Crippen LogP contribution in [0, 0.1) is 12.8 Å². The highest BCUT2D eigenvalue weighted by Gasteiger charge is 2.36. The number of nitrogens with one attached hydrogen (secondary N) is 1. The zero-order valence-electron chi connectivity index (χ0n) is 19.6. The third-order valence-corrected chi connectivity index (χ3v) is 6.89. The molecule has 1 saturated heterocycles. The normalized spacial score (nSPS) is 19.4. The molecule has 9 heteroatoms. The Morgan fingerprint density at radius 3 is 2.81 bits per heavy atom. The summed E-state index contributed by atoms with van der Waals surface area (Å²) in [5.74, 6) is -0.766. The van der Waals surface area contributed by atoms with Crippen molar-refractivity contribution in [2.75, 3.05) is 36.6 Å². The van der Waals surface area contributed by atoms with Crippen LogP contribution in [-0.2, 0) is 17.3 Å². The smallest absolute Gasteiger partial charge is 0.377 e. The molecule has 1 fully saturated rings. The van der Waals surface area contributed by atoms with Crippen molar-refractivity contribution in [3.05, 3.63) is 77.1 Å². The zero-order chi connectivity index (χ0) is 25.4. The van der Waals surface area contributed by atoms with Crippen LogP contribution in [0.5, 0.6) is 0 Å². The van der Waals surface area contributed by atoms with Gasteiger partial charge >= 0.3 is 6.18 Å². The van der Waals surface area contributed by atoms with E-state index in [1.54, 1.807) is 6.07 Å². The van der Waals surface area contributed by atoms with Crippen molar-refractivity contribution < 1.29 is 27.1 Å². The number of hydrogen-bond donors (Lipinski definition) is 1. The minimum absolute atomic E-state index is 0.0104. The summed E-state index contributed by atoms with van der Waals surface area (Å²) < 4.78 is 58.4. The monoisotopic (exact) mass is 499 g/mol. The number of alkyl halides is 4. The molecule has 1 aromatic heterocycles. The molecule has 2 aromatic carbocycles. The van der Waals surface area contributed by atoms with Crippen LogP contribution < -0.4 is 10.2 Å². The third-order valence-electron chi connectivity index (χ3n) is 6.89. The minimum Gasteiger partial charge on any atom is -0.377 e. The van der Waals surface area contributed by atoms with Gasteiger partial charge in [0.2, 0.25) is 0 Å². The molecule has 0 unspecified atom stereocenters. The van der Waals surface area contributed by atoms with Crippen LogP contribution in [0.4, 0.5) is 28.9 Å². The SMILES string of the molecule is Cc1ncc(NC(=O)c2cccc(C(F)(F)F)c2)cc1-c1ccc2c(c1)N1CCOC[C@H]1[C@H](CF)C2. The molecular formula is C27H25F4N3O2. The fraction of sp³-hybridized carbons (Fsp3) is 0.333. The van der Waals surface area contributed by atoms with Gasteiger partial charge < -0.3 is 15.0 Å². The molecule has 2 aliphatic heterocycles. The number of pyridine rings is 1. The highest BCUT2D eigenvalue weighted by Crippen LogP contribution is 2.39. The highest BCUT2D eigenvalue weighted by atomic mass is 19.4. The predicted molar refractivity (Wildman–Crippen MR) is 129 cm³/mol. The van der Waals surface area contributed by atoms with E-state index in [1.165, 1.54) is 18.3 Å². The first-order valence-electron chi connectivity index (χ1n) is 11.7. The van der Waals surface area contributed by atoms with Gasteiger partial charge in [-0.25, -0.2) is 0 Å². The summed E-state index contributed by atoms with van der Waals surface area (Å²) in [4.78, 5) is 19.3. The molecule has 3 aromatic rings. The standard InChI is InChI=1S/C27H25F4N3O2/c1-16-23(12-22(14-32-16)33-26(35)19-3-2-4-21(10-19)27(29,30)31)17-5-6-18-9-20(13-28)25-15-36-8-7-34(25)24(18)11-17/h2-6,10-12,14,20,25H,7-9,13,15H2,1H3,(H,33,35)/t20-,25-/m0/s1. The molecule has 2 atom stereocenters. The van der Waals surface area contributed by atoms with Crippen molar-refractivity contribution >= 4 is 17.3 Å². The van der Waals surface area contributed by atoms with Gasteiger partial charge in [0, 0.05) is 35.0 Å². The molecule has 36 heavy (non-hydrogen) atoms. The summed E-state index contributed by atoms with van der Waals surface area (Å²) in [6.07, 6.45) is -2.42. The van der Waals surface area contributed by atoms with Crippen LogP contribution in [0.3, 0.4) is 0 Å². The summed E-state index contributed by atoms with van der Waals surface area (Å²) in [6.45, 7) is 3.21. The Morgan fingerprint density at radius 1 is 1.19 bits per heavy atom. The fourth-order valence-corrected chi connectivity index (χ4v) is 4.99. The van der Waals surface area contributed by atoms with Crippen molar-refractivity contribution in [1.82, 2.24) is 4.98 Å². The van der Waals surface area contributed by atoms with Crippen molar-refractivity contribution in [2.24, 2.45) is 5.92 Å². The lowest BCUT2D eigenvalue weighted by Gasteiger charge is -2.45. The number of aromatic nitrogens is 1. The molecule has 2 aliphatic rings. The van der Waals surface area contributed by atoms with Crippen molar-refractivity contribution in [2.45, 2.75) is 25.6 Å². The van der Waals surface area contributed by atoms with Crippen LogP contribution in [0.1, 0.15) is 27.2 Å². The number of carbonyl (C=O) groups excluding carboxylic acids is 1. The average molecular weight is 500 g/mol. The number of halogens is 4. The highest BCUT2D eigenvalue weighted by molar-refractivity contribution is 6.04. The third kappa shape index (κ3) is 4.67. The molecule has 1 amide bonds. The molecule has 5 nitrogen and oxygen atoms in total. The molecule has 0 saturated carbocycles. The number of hydrogen-bond acceptors (Lipinski definition) is 4. The maximum atomic E-state index is 13.7. The summed E-state index contributed by atoms with van der Waals surface area (Å²) in [5, 5.41) is 2.66. The van der Waals surface area contributed by atoms with E-state index >= 15 is 0 Å². The number of aryl methyl sites for hydroxylation is 1. The molecular weight excluding hydrogens is 474 g/mol. The second-order valence-corrected chi connectivity index (χ2v) is 9.19. The van der Waals surface area contributed by atoms with E-state index in [0.717, 1.165) is 40.2 Å². The molecule has 0 bridgehead atoms. The number of morpholine rings is 1. The van der Waals surface area contributed by atoms with Crippen molar-refractivity contribution in [3.63, 3.8) is 0 Å². The van der Waals surface area contributed by atoms with Crippen LogP contribution in [0.2, 0.25) is 0 Å². The average Bonchev–Trinajstić information content (AvgIpc) is 2.88. The van der Waals surface area contributed by atoms with Crippen molar-refractivity contribution in [3.8, 4) is 11.1 Å². The topological polar surface area (TPSA) is 54.5 Å². The van der Waals surface area contributed by atoms with E-state index in [0.29, 0.717) is 31.9 Å². The number of anilines is 2. The number of fused-ring (bicyclic) bond motifs is 3. The van der Waals surface area contributed by atoms with Gasteiger partial charge in [0.05, 0.1) is 43.4 Å². The first-order chi connectivity index (χ1) is 17.2. The van der Waals surface area contributed by atoms with Crippen LogP contribution in [-0.4, -0.2) is 43.4 Å². The Balaban J connectivity index is 1.43. The number of rotatable bonds is 4. The first kappa shape index (κ1) is 24.2. The Hall–Kier alpha value is -3.46. The molecule has 0 radical (unpaired) electrons. The lowest BCUT2D eigenvalue weighted by molar-refractivity contribution is -0.137. The largest absolute Gasteiger partial charge is 0.416 e. The number of carbonyl (C=O) groups is 1. The van der Waals surface area contributed by atoms with Crippen LogP contribution >= 0.6 is 0 Å². The van der Waals surface area contributed by atoms with Crippen LogP contribution in [0.25, 0.3) is 11.1 Å². The van der Waals surface area contributed by atoms with E-state index in [-0.39, 0.29) is 17.5 Å². The van der Waals surface area contributed by atoms with E-state index < -0.39 is 24.3 Å². The lowest BCUT2D eigenvalue weighted by Crippen LogP contribution is -2.53. The quantitative estimate of drug-likeness (QED) is 0.470. The van der Waals surface area contributed by atoms with Gasteiger partial charge in [-0.05, 0) is 54.8 Å². The predicted octanol–water partition coefficient (Wildman–Crippen LogP) is 5.68. The maximum Gasteiger partial charge on any atom is 0.416 e. The zero-order valence-corrected chi connectivity index (χ0v) is 19.6. The first-order valence-corrected chi connectivity index (χ1v) is 11.7. The van der Waals surface area contributed by atoms with Gasteiger partial charge in [0.25, 0.3) is 5.91 Å². The second kappa shape index (κ2) is 9.54. The van der Waals surface area contributed by atoms with Gasteiger partial charge in [-0.15, -0.1) is 0 Å². The summed E-state index contributed by atoms with van der Waals surface area (Å²) in [7, 11) is 0. The minimum atomic E-state index is -4.54. The van der Waals surface area contributed by atoms with Gasteiger partial charge in [-0.3, -0.25) is 14.2 Å². The van der Waals surface area contributed by atoms with Gasteiger partial charge in [0.1, 0.15) is 0 Å². The molecule has 5 rings (SSSR count). The summed E-state index contributed by atoms with van der Waals surface area (Å²) in [5.41, 5.74) is 3.93. The Labute approximate surface area is 206 Å². The molecule has 188 valence electrons. The molecule has 0 aliphatic carbocycles. The number of ether oxygens (including phenoxy) is 1. The van der Waals surface area contributed by atoms with E-state index in [1.807, 2.05) is 19.1 Å². The second-order valence-electron chi connectivity index (χ2n) is 9.19. The summed E-state index contributed by atoms with van der Waals surface area (Å²) >= 11 is 0. The van der Waals surface area contributed by atoms with Gasteiger partial charge in [0.15, 0.2) is 0 Å². The lowest BCUT2D eigenvalue weighted by atomic mass is 9.85. The number of amides is 1. The van der Waals surface area contributed by atoms with E-state index in [9.17, 15) is 22.4 Å². The maximum absolute atomic E-state index is 13.7. The Bertz CT molecular complexity index is 1290. The fourth-order valence-electron chi connectivity index (χ4n) is 4.99. The number of benzene rings is 2. The Kier molecular flexibility index (Phi) is 6.42. The van der Waals surface area contributed by atoms with Gasteiger partial charge in [-0.1, -0.05) is 18.2 Å².